The number of rotatable bonds is 6. The summed E-state index contributed by atoms with van der Waals surface area (Å²) in [5.74, 6) is 0.117. The summed E-state index contributed by atoms with van der Waals surface area (Å²) in [5.41, 5.74) is 0. The predicted molar refractivity (Wildman–Crippen MR) is 86.3 cm³/mol. The fourth-order valence-corrected chi connectivity index (χ4v) is 3.90. The zero-order valence-electron chi connectivity index (χ0n) is 13.3. The lowest BCUT2D eigenvalue weighted by molar-refractivity contribution is -0.153. The first kappa shape index (κ1) is 16.4. The number of thiophene rings is 1. The second-order valence-electron chi connectivity index (χ2n) is 5.87. The molecule has 6 nitrogen and oxygen atoms in total. The maximum Gasteiger partial charge on any atom is 0.249 e. The number of fused-ring (bicyclic) bond motifs is 1. The number of aryl methyl sites for hydroxylation is 1. The summed E-state index contributed by atoms with van der Waals surface area (Å²) in [4.78, 5) is 29.3. The number of methoxy groups -OCH3 is 1. The van der Waals surface area contributed by atoms with E-state index in [1.807, 2.05) is 21.2 Å². The number of hydrogen-bond acceptors (Lipinski definition) is 5. The van der Waals surface area contributed by atoms with E-state index in [4.69, 9.17) is 9.47 Å². The fourth-order valence-electron chi connectivity index (χ4n) is 3.19. The number of ether oxygens (including phenoxy) is 2. The van der Waals surface area contributed by atoms with E-state index in [-0.39, 0.29) is 30.6 Å². The van der Waals surface area contributed by atoms with E-state index in [0.29, 0.717) is 32.7 Å². The first-order valence-electron chi connectivity index (χ1n) is 7.89. The van der Waals surface area contributed by atoms with Gasteiger partial charge in [-0.1, -0.05) is 6.07 Å². The number of nitrogens with zero attached hydrogens (tertiary/aromatic N) is 2. The van der Waals surface area contributed by atoms with Crippen LogP contribution in [0.15, 0.2) is 17.5 Å². The highest BCUT2D eigenvalue weighted by Gasteiger charge is 2.44. The maximum atomic E-state index is 12.4. The molecule has 0 spiro atoms. The average molecular weight is 338 g/mol. The van der Waals surface area contributed by atoms with Crippen molar-refractivity contribution in [3.63, 3.8) is 0 Å². The highest BCUT2D eigenvalue weighted by Crippen LogP contribution is 2.24. The largest absolute Gasteiger partial charge is 0.383 e. The van der Waals surface area contributed by atoms with Crippen LogP contribution in [0.4, 0.5) is 0 Å². The van der Waals surface area contributed by atoms with Crippen LogP contribution in [-0.2, 0) is 25.5 Å². The van der Waals surface area contributed by atoms with Gasteiger partial charge in [0, 0.05) is 38.0 Å². The fraction of sp³-hybridized carbons (Fsp3) is 0.625. The van der Waals surface area contributed by atoms with E-state index in [0.717, 1.165) is 6.42 Å². The van der Waals surface area contributed by atoms with Gasteiger partial charge in [0.15, 0.2) is 0 Å². The third-order valence-corrected chi connectivity index (χ3v) is 5.37. The molecule has 0 N–H and O–H groups in total. The van der Waals surface area contributed by atoms with E-state index < -0.39 is 0 Å². The molecule has 2 saturated heterocycles. The minimum absolute atomic E-state index is 0.0174. The molecule has 23 heavy (non-hydrogen) atoms. The van der Waals surface area contributed by atoms with Crippen molar-refractivity contribution in [3.05, 3.63) is 22.4 Å². The van der Waals surface area contributed by atoms with E-state index in [9.17, 15) is 9.59 Å². The van der Waals surface area contributed by atoms with Crippen LogP contribution in [0.3, 0.4) is 0 Å². The molecular weight excluding hydrogens is 316 g/mol. The van der Waals surface area contributed by atoms with Crippen LogP contribution < -0.4 is 0 Å². The Morgan fingerprint density at radius 3 is 3.09 bits per heavy atom. The standard InChI is InChI=1S/C16H22N2O4S/c1-21-7-6-18-13-9-17(10-14(13)22-11-16(18)20)15(19)5-4-12-3-2-8-23-12/h2-3,8,13-14H,4-7,9-11H2,1H3/t13-,14-/m0/s1. The Morgan fingerprint density at radius 1 is 1.48 bits per heavy atom. The van der Waals surface area contributed by atoms with Crippen molar-refractivity contribution in [1.82, 2.24) is 9.80 Å². The molecule has 0 aliphatic carbocycles. The molecule has 126 valence electrons. The molecular formula is C16H22N2O4S. The van der Waals surface area contributed by atoms with Crippen LogP contribution in [0.25, 0.3) is 0 Å². The predicted octanol–water partition coefficient (Wildman–Crippen LogP) is 0.765. The lowest BCUT2D eigenvalue weighted by Crippen LogP contribution is -2.54. The highest BCUT2D eigenvalue weighted by molar-refractivity contribution is 7.09. The Hall–Kier alpha value is -1.44. The van der Waals surface area contributed by atoms with Crippen LogP contribution in [-0.4, -0.2) is 73.7 Å². The molecule has 0 saturated carbocycles. The quantitative estimate of drug-likeness (QED) is 0.769. The van der Waals surface area contributed by atoms with E-state index in [1.165, 1.54) is 4.88 Å². The van der Waals surface area contributed by atoms with E-state index >= 15 is 0 Å². The Labute approximate surface area is 140 Å². The van der Waals surface area contributed by atoms with Gasteiger partial charge in [0.05, 0.1) is 18.8 Å². The molecule has 2 atom stereocenters. The number of morpholine rings is 1. The molecule has 3 rings (SSSR count). The molecule has 1 aromatic rings. The highest BCUT2D eigenvalue weighted by atomic mass is 32.1. The van der Waals surface area contributed by atoms with Crippen LogP contribution in [0.5, 0.6) is 0 Å². The summed E-state index contributed by atoms with van der Waals surface area (Å²) in [6, 6.07) is 4.01. The topological polar surface area (TPSA) is 59.1 Å². The number of hydrogen-bond donors (Lipinski definition) is 0. The van der Waals surface area contributed by atoms with Gasteiger partial charge in [0.2, 0.25) is 11.8 Å². The minimum Gasteiger partial charge on any atom is -0.383 e. The van der Waals surface area contributed by atoms with Crippen molar-refractivity contribution in [1.29, 1.82) is 0 Å². The summed E-state index contributed by atoms with van der Waals surface area (Å²) in [7, 11) is 1.62. The SMILES string of the molecule is COCCN1C(=O)CO[C@H]2CN(C(=O)CCc3cccs3)C[C@@H]21. The Kier molecular flexibility index (Phi) is 5.30. The molecule has 0 bridgehead atoms. The monoisotopic (exact) mass is 338 g/mol. The Balaban J connectivity index is 1.57. The number of carbonyl (C=O) groups excluding carboxylic acids is 2. The smallest absolute Gasteiger partial charge is 0.249 e. The third-order valence-electron chi connectivity index (χ3n) is 4.43. The van der Waals surface area contributed by atoms with Gasteiger partial charge >= 0.3 is 0 Å². The Bertz CT molecular complexity index is 548. The van der Waals surface area contributed by atoms with Crippen molar-refractivity contribution in [3.8, 4) is 0 Å². The summed E-state index contributed by atoms with van der Waals surface area (Å²) < 4.78 is 10.7. The van der Waals surface area contributed by atoms with Gasteiger partial charge in [0.25, 0.3) is 0 Å². The van der Waals surface area contributed by atoms with Crippen LogP contribution >= 0.6 is 11.3 Å². The van der Waals surface area contributed by atoms with Crippen LogP contribution in [0, 0.1) is 0 Å². The zero-order valence-corrected chi connectivity index (χ0v) is 14.1. The summed E-state index contributed by atoms with van der Waals surface area (Å²) in [6.45, 7) is 2.29. The first-order chi connectivity index (χ1) is 11.2. The lowest BCUT2D eigenvalue weighted by Gasteiger charge is -2.36. The molecule has 2 fully saturated rings. The van der Waals surface area contributed by atoms with E-state index in [2.05, 4.69) is 6.07 Å². The number of amides is 2. The third kappa shape index (κ3) is 3.73. The zero-order chi connectivity index (χ0) is 16.2. The average Bonchev–Trinajstić information content (AvgIpc) is 3.21. The minimum atomic E-state index is -0.0738. The molecule has 2 aliphatic rings. The Morgan fingerprint density at radius 2 is 2.35 bits per heavy atom. The molecule has 0 unspecified atom stereocenters. The van der Waals surface area contributed by atoms with Gasteiger partial charge in [-0.15, -0.1) is 11.3 Å². The molecule has 3 heterocycles. The maximum absolute atomic E-state index is 12.4. The van der Waals surface area contributed by atoms with Crippen LogP contribution in [0.2, 0.25) is 0 Å². The molecule has 7 heteroatoms. The molecule has 2 amide bonds. The van der Waals surface area contributed by atoms with Crippen molar-refractivity contribution in [2.75, 3.05) is 40.0 Å². The summed E-state index contributed by atoms with van der Waals surface area (Å²) >= 11 is 1.68. The first-order valence-corrected chi connectivity index (χ1v) is 8.77. The summed E-state index contributed by atoms with van der Waals surface area (Å²) in [6.07, 6.45) is 1.21. The number of carbonyl (C=O) groups is 2. The van der Waals surface area contributed by atoms with Gasteiger partial charge in [-0.25, -0.2) is 0 Å². The van der Waals surface area contributed by atoms with Gasteiger partial charge in [-0.2, -0.15) is 0 Å². The molecule has 2 aliphatic heterocycles. The van der Waals surface area contributed by atoms with Crippen LogP contribution in [0.1, 0.15) is 11.3 Å². The van der Waals surface area contributed by atoms with Gasteiger partial charge in [-0.05, 0) is 17.9 Å². The van der Waals surface area contributed by atoms with Gasteiger partial charge in [0.1, 0.15) is 6.61 Å². The van der Waals surface area contributed by atoms with Gasteiger partial charge in [-0.3, -0.25) is 9.59 Å². The van der Waals surface area contributed by atoms with Crippen molar-refractivity contribution in [2.24, 2.45) is 0 Å². The second kappa shape index (κ2) is 7.42. The van der Waals surface area contributed by atoms with Crippen molar-refractivity contribution < 1.29 is 19.1 Å². The molecule has 0 aromatic carbocycles. The molecule has 0 radical (unpaired) electrons. The normalized spacial score (nSPS) is 24.1. The summed E-state index contributed by atoms with van der Waals surface area (Å²) in [5, 5.41) is 2.03. The molecule has 1 aromatic heterocycles. The number of likely N-dealkylation sites (tertiary alicyclic amines) is 1. The van der Waals surface area contributed by atoms with Crippen molar-refractivity contribution >= 4 is 23.2 Å². The van der Waals surface area contributed by atoms with Crippen molar-refractivity contribution in [2.45, 2.75) is 25.0 Å². The van der Waals surface area contributed by atoms with Gasteiger partial charge < -0.3 is 19.3 Å². The van der Waals surface area contributed by atoms with E-state index in [1.54, 1.807) is 18.4 Å². The lowest BCUT2D eigenvalue weighted by atomic mass is 10.1. The second-order valence-corrected chi connectivity index (χ2v) is 6.91.